The van der Waals surface area contributed by atoms with Crippen molar-refractivity contribution in [2.75, 3.05) is 0 Å². The highest BCUT2D eigenvalue weighted by Gasteiger charge is 2.18. The number of carbonyl (C=O) groups is 1. The molecule has 0 unspecified atom stereocenters. The quantitative estimate of drug-likeness (QED) is 0.889. The lowest BCUT2D eigenvalue weighted by atomic mass is 9.98. The maximum absolute atomic E-state index is 11.9. The number of aromatic amines is 1. The summed E-state index contributed by atoms with van der Waals surface area (Å²) in [4.78, 5) is 11.9. The third kappa shape index (κ3) is 4.55. The number of aromatic nitrogens is 3. The SMILES string of the molecule is O=C(NCc1nn[nH]c1Cc1ccccc1)OC1CCCCC1. The van der Waals surface area contributed by atoms with Crippen molar-refractivity contribution in [2.24, 2.45) is 0 Å². The molecular formula is C17H22N4O2. The number of rotatable bonds is 5. The number of ether oxygens (including phenoxy) is 1. The molecule has 1 heterocycles. The van der Waals surface area contributed by atoms with Gasteiger partial charge < -0.3 is 10.1 Å². The minimum atomic E-state index is -0.370. The molecule has 1 aliphatic carbocycles. The summed E-state index contributed by atoms with van der Waals surface area (Å²) in [6.45, 7) is 0.324. The van der Waals surface area contributed by atoms with Crippen LogP contribution in [0.2, 0.25) is 0 Å². The molecule has 3 rings (SSSR count). The first kappa shape index (κ1) is 15.5. The summed E-state index contributed by atoms with van der Waals surface area (Å²) >= 11 is 0. The molecule has 122 valence electrons. The van der Waals surface area contributed by atoms with Crippen LogP contribution in [0.4, 0.5) is 4.79 Å². The van der Waals surface area contributed by atoms with Gasteiger partial charge in [0, 0.05) is 6.42 Å². The summed E-state index contributed by atoms with van der Waals surface area (Å²) < 4.78 is 5.44. The van der Waals surface area contributed by atoms with Gasteiger partial charge in [-0.3, -0.25) is 5.10 Å². The number of amides is 1. The third-order valence-electron chi connectivity index (χ3n) is 4.15. The van der Waals surface area contributed by atoms with E-state index in [0.717, 1.165) is 37.1 Å². The third-order valence-corrected chi connectivity index (χ3v) is 4.15. The van der Waals surface area contributed by atoms with Crippen LogP contribution in [-0.2, 0) is 17.7 Å². The Labute approximate surface area is 135 Å². The summed E-state index contributed by atoms with van der Waals surface area (Å²) in [5.41, 5.74) is 2.83. The van der Waals surface area contributed by atoms with Gasteiger partial charge in [-0.1, -0.05) is 42.0 Å². The molecule has 1 saturated carbocycles. The summed E-state index contributed by atoms with van der Waals surface area (Å²) in [5.74, 6) is 0. The zero-order valence-electron chi connectivity index (χ0n) is 13.1. The van der Waals surface area contributed by atoms with Gasteiger partial charge in [0.15, 0.2) is 0 Å². The van der Waals surface area contributed by atoms with Gasteiger partial charge in [-0.15, -0.1) is 5.10 Å². The molecule has 1 fully saturated rings. The van der Waals surface area contributed by atoms with Gasteiger partial charge in [0.05, 0.1) is 12.2 Å². The first-order valence-electron chi connectivity index (χ1n) is 8.18. The van der Waals surface area contributed by atoms with Crippen LogP contribution in [0.25, 0.3) is 0 Å². The zero-order chi connectivity index (χ0) is 15.9. The molecule has 1 aromatic heterocycles. The Kier molecular flexibility index (Phi) is 5.24. The summed E-state index contributed by atoms with van der Waals surface area (Å²) in [6.07, 6.45) is 5.86. The monoisotopic (exact) mass is 314 g/mol. The fourth-order valence-electron chi connectivity index (χ4n) is 2.89. The van der Waals surface area contributed by atoms with Crippen molar-refractivity contribution in [3.05, 3.63) is 47.3 Å². The second-order valence-electron chi connectivity index (χ2n) is 5.92. The van der Waals surface area contributed by atoms with E-state index in [9.17, 15) is 4.79 Å². The van der Waals surface area contributed by atoms with Crippen molar-refractivity contribution >= 4 is 6.09 Å². The first-order chi connectivity index (χ1) is 11.3. The zero-order valence-corrected chi connectivity index (χ0v) is 13.1. The lowest BCUT2D eigenvalue weighted by Gasteiger charge is -2.21. The molecule has 1 aliphatic rings. The number of H-pyrrole nitrogens is 1. The van der Waals surface area contributed by atoms with Crippen molar-refractivity contribution in [1.29, 1.82) is 0 Å². The van der Waals surface area contributed by atoms with Crippen molar-refractivity contribution in [3.63, 3.8) is 0 Å². The van der Waals surface area contributed by atoms with Crippen molar-refractivity contribution in [1.82, 2.24) is 20.7 Å². The van der Waals surface area contributed by atoms with E-state index < -0.39 is 0 Å². The van der Waals surface area contributed by atoms with E-state index in [-0.39, 0.29) is 12.2 Å². The molecule has 0 spiro atoms. The number of benzene rings is 1. The Morgan fingerprint density at radius 3 is 2.78 bits per heavy atom. The number of hydrogen-bond donors (Lipinski definition) is 2. The second kappa shape index (κ2) is 7.76. The lowest BCUT2D eigenvalue weighted by Crippen LogP contribution is -2.30. The Morgan fingerprint density at radius 1 is 1.22 bits per heavy atom. The topological polar surface area (TPSA) is 79.9 Å². The minimum absolute atomic E-state index is 0.0600. The van der Waals surface area contributed by atoms with E-state index in [2.05, 4.69) is 32.9 Å². The van der Waals surface area contributed by atoms with Crippen LogP contribution in [0.5, 0.6) is 0 Å². The van der Waals surface area contributed by atoms with E-state index in [0.29, 0.717) is 13.0 Å². The summed E-state index contributed by atoms with van der Waals surface area (Å²) in [6, 6.07) is 10.1. The summed E-state index contributed by atoms with van der Waals surface area (Å²) in [7, 11) is 0. The molecule has 0 radical (unpaired) electrons. The van der Waals surface area contributed by atoms with Crippen molar-refractivity contribution in [3.8, 4) is 0 Å². The highest BCUT2D eigenvalue weighted by Crippen LogP contribution is 2.20. The van der Waals surface area contributed by atoms with Crippen LogP contribution >= 0.6 is 0 Å². The van der Waals surface area contributed by atoms with E-state index in [1.54, 1.807) is 0 Å². The Hall–Kier alpha value is -2.37. The molecule has 6 heteroatoms. The number of hydrogen-bond acceptors (Lipinski definition) is 4. The van der Waals surface area contributed by atoms with Gasteiger partial charge in [0.25, 0.3) is 0 Å². The molecule has 1 aromatic carbocycles. The van der Waals surface area contributed by atoms with Crippen molar-refractivity contribution in [2.45, 2.75) is 51.2 Å². The van der Waals surface area contributed by atoms with Gasteiger partial charge in [0.2, 0.25) is 0 Å². The number of alkyl carbamates (subject to hydrolysis) is 1. The minimum Gasteiger partial charge on any atom is -0.446 e. The normalized spacial score (nSPS) is 15.3. The van der Waals surface area contributed by atoms with Crippen LogP contribution < -0.4 is 5.32 Å². The average Bonchev–Trinajstić information content (AvgIpc) is 3.02. The number of carbonyl (C=O) groups excluding carboxylic acids is 1. The van der Waals surface area contributed by atoms with E-state index >= 15 is 0 Å². The highest BCUT2D eigenvalue weighted by molar-refractivity contribution is 5.67. The summed E-state index contributed by atoms with van der Waals surface area (Å²) in [5, 5.41) is 13.6. The molecule has 6 nitrogen and oxygen atoms in total. The van der Waals surface area contributed by atoms with Gasteiger partial charge >= 0.3 is 6.09 Å². The maximum Gasteiger partial charge on any atom is 0.407 e. The molecule has 2 aromatic rings. The smallest absolute Gasteiger partial charge is 0.407 e. The molecule has 0 saturated heterocycles. The molecule has 23 heavy (non-hydrogen) atoms. The molecule has 1 amide bonds. The predicted octanol–water partition coefficient (Wildman–Crippen LogP) is 2.95. The fourth-order valence-corrected chi connectivity index (χ4v) is 2.89. The van der Waals surface area contributed by atoms with E-state index in [1.807, 2.05) is 18.2 Å². The van der Waals surface area contributed by atoms with Crippen molar-refractivity contribution < 1.29 is 9.53 Å². The second-order valence-corrected chi connectivity index (χ2v) is 5.92. The number of nitrogens with one attached hydrogen (secondary N) is 2. The average molecular weight is 314 g/mol. The lowest BCUT2D eigenvalue weighted by molar-refractivity contribution is 0.0749. The Bertz CT molecular complexity index is 621. The van der Waals surface area contributed by atoms with Crippen LogP contribution in [0.1, 0.15) is 49.1 Å². The highest BCUT2D eigenvalue weighted by atomic mass is 16.6. The molecule has 2 N–H and O–H groups in total. The Balaban J connectivity index is 1.50. The van der Waals surface area contributed by atoms with Crippen LogP contribution in [-0.4, -0.2) is 27.6 Å². The van der Waals surface area contributed by atoms with E-state index in [4.69, 9.17) is 4.74 Å². The predicted molar refractivity (Wildman–Crippen MR) is 85.8 cm³/mol. The molecule has 0 bridgehead atoms. The molecule has 0 atom stereocenters. The van der Waals surface area contributed by atoms with Gasteiger partial charge in [-0.05, 0) is 31.2 Å². The molecule has 0 aliphatic heterocycles. The van der Waals surface area contributed by atoms with Crippen LogP contribution in [0, 0.1) is 0 Å². The van der Waals surface area contributed by atoms with Gasteiger partial charge in [0.1, 0.15) is 11.8 Å². The molecular weight excluding hydrogens is 292 g/mol. The maximum atomic E-state index is 11.9. The Morgan fingerprint density at radius 2 is 2.00 bits per heavy atom. The van der Waals surface area contributed by atoms with Gasteiger partial charge in [-0.25, -0.2) is 4.79 Å². The first-order valence-corrected chi connectivity index (χ1v) is 8.18. The largest absolute Gasteiger partial charge is 0.446 e. The van der Waals surface area contributed by atoms with Crippen LogP contribution in [0.15, 0.2) is 30.3 Å². The standard InChI is InChI=1S/C17H22N4O2/c22-17(23-14-9-5-2-6-10-14)18-12-16-15(19-21-20-16)11-13-7-3-1-4-8-13/h1,3-4,7-8,14H,2,5-6,9-12H2,(H,18,22)(H,19,20,21). The fraction of sp³-hybridized carbons (Fsp3) is 0.471. The van der Waals surface area contributed by atoms with Gasteiger partial charge in [-0.2, -0.15) is 0 Å². The number of nitrogens with zero attached hydrogens (tertiary/aromatic N) is 2. The van der Waals surface area contributed by atoms with E-state index in [1.165, 1.54) is 12.0 Å². The van der Waals surface area contributed by atoms with Crippen LogP contribution in [0.3, 0.4) is 0 Å².